The van der Waals surface area contributed by atoms with E-state index in [1.54, 1.807) is 0 Å². The number of hydrogen-bond acceptors (Lipinski definition) is 0. The van der Waals surface area contributed by atoms with Crippen LogP contribution < -0.4 is 0 Å². The fraction of sp³-hybridized carbons (Fsp3) is 0.440. The quantitative estimate of drug-likeness (QED) is 0.420. The summed E-state index contributed by atoms with van der Waals surface area (Å²) in [6, 6.07) is 12.2. The summed E-state index contributed by atoms with van der Waals surface area (Å²) in [7, 11) is 0. The van der Waals surface area contributed by atoms with E-state index in [0.717, 1.165) is 23.5 Å². The van der Waals surface area contributed by atoms with Crippen molar-refractivity contribution in [3.63, 3.8) is 0 Å². The third-order valence-corrected chi connectivity index (χ3v) is 6.21. The number of benzene rings is 2. The molecule has 1 aliphatic rings. The van der Waals surface area contributed by atoms with Gasteiger partial charge in [0.25, 0.3) is 0 Å². The van der Waals surface area contributed by atoms with E-state index in [0.29, 0.717) is 12.0 Å². The Kier molecular flexibility index (Phi) is 7.13. The van der Waals surface area contributed by atoms with E-state index in [2.05, 4.69) is 37.3 Å². The van der Waals surface area contributed by atoms with E-state index in [4.69, 9.17) is 11.6 Å². The van der Waals surface area contributed by atoms with Gasteiger partial charge in [-0.15, -0.1) is 0 Å². The molecule has 0 saturated carbocycles. The van der Waals surface area contributed by atoms with Gasteiger partial charge in [0, 0.05) is 5.56 Å². The average Bonchev–Trinajstić information content (AvgIpc) is 2.71. The summed E-state index contributed by atoms with van der Waals surface area (Å²) in [4.78, 5) is 0. The first-order valence-electron chi connectivity index (χ1n) is 10.4. The van der Waals surface area contributed by atoms with Crippen molar-refractivity contribution in [2.24, 2.45) is 5.92 Å². The SMILES string of the molecule is CCCCCC1CC=C(c2ccc(-c3ccc(CC)c(F)c3Cl)cc2)CC1. The highest BCUT2D eigenvalue weighted by Gasteiger charge is 2.16. The standard InChI is InChI=1S/C25H30ClF/c1-3-5-6-7-18-8-10-20(11-9-18)21-12-14-22(15-13-21)23-17-16-19(4-2)25(27)24(23)26/h10,12-18H,3-9,11H2,1-2H3. The zero-order valence-corrected chi connectivity index (χ0v) is 17.3. The van der Waals surface area contributed by atoms with Crippen LogP contribution in [-0.4, -0.2) is 0 Å². The van der Waals surface area contributed by atoms with E-state index in [1.165, 1.54) is 49.7 Å². The van der Waals surface area contributed by atoms with Crippen LogP contribution in [0.4, 0.5) is 4.39 Å². The fourth-order valence-electron chi connectivity index (χ4n) is 4.05. The zero-order valence-electron chi connectivity index (χ0n) is 16.5. The van der Waals surface area contributed by atoms with Gasteiger partial charge >= 0.3 is 0 Å². The summed E-state index contributed by atoms with van der Waals surface area (Å²) in [6.07, 6.45) is 12.1. The number of halogens is 2. The van der Waals surface area contributed by atoms with Gasteiger partial charge in [-0.05, 0) is 53.9 Å². The molecule has 2 heteroatoms. The molecule has 0 amide bonds. The van der Waals surface area contributed by atoms with E-state index in [-0.39, 0.29) is 10.8 Å². The topological polar surface area (TPSA) is 0 Å². The third kappa shape index (κ3) is 4.82. The molecule has 0 heterocycles. The molecule has 0 nitrogen and oxygen atoms in total. The summed E-state index contributed by atoms with van der Waals surface area (Å²) in [5.74, 6) is 0.572. The Morgan fingerprint density at radius 1 is 1.00 bits per heavy atom. The maximum absolute atomic E-state index is 14.3. The molecule has 0 aliphatic heterocycles. The van der Waals surface area contributed by atoms with E-state index in [9.17, 15) is 4.39 Å². The highest BCUT2D eigenvalue weighted by Crippen LogP contribution is 2.35. The maximum Gasteiger partial charge on any atom is 0.145 e. The van der Waals surface area contributed by atoms with Gasteiger partial charge in [-0.25, -0.2) is 4.39 Å². The monoisotopic (exact) mass is 384 g/mol. The molecule has 0 N–H and O–H groups in total. The number of aryl methyl sites for hydroxylation is 1. The predicted octanol–water partition coefficient (Wildman–Crippen LogP) is 8.47. The van der Waals surface area contributed by atoms with Crippen LogP contribution in [-0.2, 0) is 6.42 Å². The zero-order chi connectivity index (χ0) is 19.2. The molecule has 0 aromatic heterocycles. The Hall–Kier alpha value is -1.60. The lowest BCUT2D eigenvalue weighted by molar-refractivity contribution is 0.428. The average molecular weight is 385 g/mol. The molecule has 0 radical (unpaired) electrons. The summed E-state index contributed by atoms with van der Waals surface area (Å²) < 4.78 is 14.3. The smallest absolute Gasteiger partial charge is 0.145 e. The van der Waals surface area contributed by atoms with Gasteiger partial charge in [-0.2, -0.15) is 0 Å². The largest absolute Gasteiger partial charge is 0.205 e. The number of unbranched alkanes of at least 4 members (excludes halogenated alkanes) is 2. The van der Waals surface area contributed by atoms with Gasteiger partial charge in [0.15, 0.2) is 0 Å². The van der Waals surface area contributed by atoms with Gasteiger partial charge in [-0.3, -0.25) is 0 Å². The van der Waals surface area contributed by atoms with Crippen LogP contribution in [0.1, 0.15) is 69.9 Å². The first-order valence-corrected chi connectivity index (χ1v) is 10.8. The molecule has 2 aromatic carbocycles. The second kappa shape index (κ2) is 9.55. The summed E-state index contributed by atoms with van der Waals surface area (Å²) in [5.41, 5.74) is 5.14. The van der Waals surface area contributed by atoms with Crippen LogP contribution in [0.2, 0.25) is 5.02 Å². The first kappa shape index (κ1) is 20.1. The van der Waals surface area contributed by atoms with Crippen molar-refractivity contribution in [3.05, 3.63) is 64.4 Å². The van der Waals surface area contributed by atoms with Crippen LogP contribution in [0.5, 0.6) is 0 Å². The summed E-state index contributed by atoms with van der Waals surface area (Å²) in [6.45, 7) is 4.21. The molecular weight excluding hydrogens is 355 g/mol. The number of rotatable bonds is 7. The lowest BCUT2D eigenvalue weighted by Gasteiger charge is -2.22. The van der Waals surface area contributed by atoms with E-state index < -0.39 is 0 Å². The van der Waals surface area contributed by atoms with Crippen LogP contribution >= 0.6 is 11.6 Å². The first-order chi connectivity index (χ1) is 13.1. The van der Waals surface area contributed by atoms with E-state index in [1.807, 2.05) is 19.1 Å². The maximum atomic E-state index is 14.3. The van der Waals surface area contributed by atoms with E-state index >= 15 is 0 Å². The Morgan fingerprint density at radius 3 is 2.37 bits per heavy atom. The van der Waals surface area contributed by atoms with Gasteiger partial charge in [0.1, 0.15) is 5.82 Å². The lowest BCUT2D eigenvalue weighted by atomic mass is 9.83. The van der Waals surface area contributed by atoms with Crippen molar-refractivity contribution in [3.8, 4) is 11.1 Å². The van der Waals surface area contributed by atoms with Crippen molar-refractivity contribution in [1.29, 1.82) is 0 Å². The van der Waals surface area contributed by atoms with Crippen LogP contribution in [0.3, 0.4) is 0 Å². The highest BCUT2D eigenvalue weighted by atomic mass is 35.5. The molecule has 144 valence electrons. The minimum Gasteiger partial charge on any atom is -0.205 e. The minimum absolute atomic E-state index is 0.230. The molecule has 1 unspecified atom stereocenters. The van der Waals surface area contributed by atoms with Gasteiger partial charge < -0.3 is 0 Å². The van der Waals surface area contributed by atoms with Crippen LogP contribution in [0.25, 0.3) is 16.7 Å². The van der Waals surface area contributed by atoms with Gasteiger partial charge in [0.05, 0.1) is 5.02 Å². The van der Waals surface area contributed by atoms with Gasteiger partial charge in [-0.1, -0.05) is 93.6 Å². The van der Waals surface area contributed by atoms with Gasteiger partial charge in [0.2, 0.25) is 0 Å². The molecule has 0 spiro atoms. The number of hydrogen-bond donors (Lipinski definition) is 0. The Bertz CT molecular complexity index is 789. The fourth-order valence-corrected chi connectivity index (χ4v) is 4.34. The van der Waals surface area contributed by atoms with Crippen molar-refractivity contribution in [2.45, 2.75) is 65.2 Å². The molecule has 3 rings (SSSR count). The number of allylic oxidation sites excluding steroid dienone is 2. The Labute approximate surface area is 168 Å². The molecule has 1 atom stereocenters. The van der Waals surface area contributed by atoms with Crippen molar-refractivity contribution in [1.82, 2.24) is 0 Å². The summed E-state index contributed by atoms with van der Waals surface area (Å²) >= 11 is 6.28. The molecule has 0 bridgehead atoms. The Balaban J connectivity index is 1.70. The van der Waals surface area contributed by atoms with Crippen molar-refractivity contribution >= 4 is 17.2 Å². The summed E-state index contributed by atoms with van der Waals surface area (Å²) in [5, 5.41) is 0.230. The van der Waals surface area contributed by atoms with Crippen LogP contribution in [0.15, 0.2) is 42.5 Å². The normalized spacial score (nSPS) is 17.0. The lowest BCUT2D eigenvalue weighted by Crippen LogP contribution is -2.05. The van der Waals surface area contributed by atoms with Crippen molar-refractivity contribution < 1.29 is 4.39 Å². The third-order valence-electron chi connectivity index (χ3n) is 5.85. The molecule has 2 aromatic rings. The van der Waals surface area contributed by atoms with Crippen molar-refractivity contribution in [2.75, 3.05) is 0 Å². The highest BCUT2D eigenvalue weighted by molar-refractivity contribution is 6.33. The second-order valence-corrected chi connectivity index (χ2v) is 8.07. The minimum atomic E-state index is -0.287. The molecule has 0 saturated heterocycles. The molecule has 0 fully saturated rings. The molecule has 27 heavy (non-hydrogen) atoms. The Morgan fingerprint density at radius 2 is 1.74 bits per heavy atom. The molecular formula is C25H30ClF. The predicted molar refractivity (Wildman–Crippen MR) is 116 cm³/mol. The van der Waals surface area contributed by atoms with Crippen LogP contribution in [0, 0.1) is 11.7 Å². The molecule has 1 aliphatic carbocycles. The second-order valence-electron chi connectivity index (χ2n) is 7.70.